The highest BCUT2D eigenvalue weighted by atomic mass is 14.9. The third kappa shape index (κ3) is 2.56. The summed E-state index contributed by atoms with van der Waals surface area (Å²) in [6.45, 7) is 1.21. The molecule has 0 bridgehead atoms. The van der Waals surface area contributed by atoms with Crippen LogP contribution >= 0.6 is 0 Å². The molecule has 1 N–H and O–H groups in total. The fourth-order valence-electron chi connectivity index (χ4n) is 2.00. The number of benzene rings is 1. The SMILES string of the molecule is c1ccc(C[C@@H]2CCCCN2)cc1. The number of nitrogens with one attached hydrogen (secondary N) is 1. The predicted octanol–water partition coefficient (Wildman–Crippen LogP) is 2.37. The van der Waals surface area contributed by atoms with Gasteiger partial charge in [-0.15, -0.1) is 0 Å². The van der Waals surface area contributed by atoms with E-state index in [4.69, 9.17) is 0 Å². The molecule has 0 amide bonds. The molecule has 1 aromatic rings. The second-order valence-electron chi connectivity index (χ2n) is 3.84. The number of hydrogen-bond donors (Lipinski definition) is 1. The van der Waals surface area contributed by atoms with Crippen molar-refractivity contribution in [3.05, 3.63) is 35.9 Å². The first-order valence-electron chi connectivity index (χ1n) is 5.22. The molecule has 1 fully saturated rings. The molecule has 1 atom stereocenters. The molecule has 0 aliphatic carbocycles. The topological polar surface area (TPSA) is 12.0 Å². The van der Waals surface area contributed by atoms with Crippen LogP contribution in [0.2, 0.25) is 0 Å². The van der Waals surface area contributed by atoms with Crippen molar-refractivity contribution in [3.63, 3.8) is 0 Å². The van der Waals surface area contributed by atoms with Gasteiger partial charge in [0.25, 0.3) is 0 Å². The van der Waals surface area contributed by atoms with Gasteiger partial charge < -0.3 is 5.32 Å². The summed E-state index contributed by atoms with van der Waals surface area (Å²) in [6.07, 6.45) is 5.28. The van der Waals surface area contributed by atoms with Gasteiger partial charge in [0.05, 0.1) is 0 Å². The van der Waals surface area contributed by atoms with E-state index >= 15 is 0 Å². The Morgan fingerprint density at radius 3 is 2.69 bits per heavy atom. The fourth-order valence-corrected chi connectivity index (χ4v) is 2.00. The van der Waals surface area contributed by atoms with Crippen molar-refractivity contribution in [2.75, 3.05) is 6.54 Å². The molecule has 1 aliphatic heterocycles. The predicted molar refractivity (Wildman–Crippen MR) is 55.8 cm³/mol. The van der Waals surface area contributed by atoms with Gasteiger partial charge in [-0.3, -0.25) is 0 Å². The van der Waals surface area contributed by atoms with Gasteiger partial charge >= 0.3 is 0 Å². The van der Waals surface area contributed by atoms with Crippen molar-refractivity contribution in [1.29, 1.82) is 0 Å². The van der Waals surface area contributed by atoms with E-state index in [9.17, 15) is 0 Å². The molecule has 2 rings (SSSR count). The van der Waals surface area contributed by atoms with Crippen LogP contribution in [0.5, 0.6) is 0 Å². The highest BCUT2D eigenvalue weighted by Crippen LogP contribution is 2.12. The van der Waals surface area contributed by atoms with Crippen LogP contribution in [0.15, 0.2) is 30.3 Å². The smallest absolute Gasteiger partial charge is 0.0107 e. The summed E-state index contributed by atoms with van der Waals surface area (Å²) in [5, 5.41) is 3.57. The van der Waals surface area contributed by atoms with Gasteiger partial charge in [0.2, 0.25) is 0 Å². The van der Waals surface area contributed by atoms with Crippen molar-refractivity contribution in [1.82, 2.24) is 5.32 Å². The van der Waals surface area contributed by atoms with Crippen molar-refractivity contribution in [2.45, 2.75) is 31.7 Å². The highest BCUT2D eigenvalue weighted by Gasteiger charge is 2.12. The lowest BCUT2D eigenvalue weighted by atomic mass is 9.98. The summed E-state index contributed by atoms with van der Waals surface area (Å²) >= 11 is 0. The normalized spacial score (nSPS) is 22.9. The Bertz CT molecular complexity index is 237. The largest absolute Gasteiger partial charge is 0.314 e. The van der Waals surface area contributed by atoms with Gasteiger partial charge in [-0.1, -0.05) is 36.8 Å². The average Bonchev–Trinajstić information content (AvgIpc) is 2.21. The lowest BCUT2D eigenvalue weighted by Crippen LogP contribution is -2.35. The fraction of sp³-hybridized carbons (Fsp3) is 0.500. The second-order valence-corrected chi connectivity index (χ2v) is 3.84. The number of hydrogen-bond acceptors (Lipinski definition) is 1. The van der Waals surface area contributed by atoms with Crippen LogP contribution in [0.1, 0.15) is 24.8 Å². The maximum atomic E-state index is 3.57. The van der Waals surface area contributed by atoms with E-state index in [0.29, 0.717) is 0 Å². The molecule has 13 heavy (non-hydrogen) atoms. The minimum Gasteiger partial charge on any atom is -0.314 e. The molecule has 0 spiro atoms. The highest BCUT2D eigenvalue weighted by molar-refractivity contribution is 5.15. The summed E-state index contributed by atoms with van der Waals surface area (Å²) < 4.78 is 0. The maximum absolute atomic E-state index is 3.57. The molecule has 1 nitrogen and oxygen atoms in total. The van der Waals surface area contributed by atoms with Crippen LogP contribution in [0.25, 0.3) is 0 Å². The molecule has 1 aliphatic rings. The molecular formula is C12H17N. The maximum Gasteiger partial charge on any atom is 0.0107 e. The van der Waals surface area contributed by atoms with Crippen molar-refractivity contribution < 1.29 is 0 Å². The van der Waals surface area contributed by atoms with Crippen molar-refractivity contribution in [2.24, 2.45) is 0 Å². The van der Waals surface area contributed by atoms with E-state index in [-0.39, 0.29) is 0 Å². The molecule has 1 heterocycles. The van der Waals surface area contributed by atoms with E-state index in [1.807, 2.05) is 0 Å². The van der Waals surface area contributed by atoms with Crippen LogP contribution in [-0.4, -0.2) is 12.6 Å². The van der Waals surface area contributed by atoms with Crippen LogP contribution in [0.4, 0.5) is 0 Å². The lowest BCUT2D eigenvalue weighted by molar-refractivity contribution is 0.399. The monoisotopic (exact) mass is 175 g/mol. The summed E-state index contributed by atoms with van der Waals surface area (Å²) in [5.41, 5.74) is 1.46. The third-order valence-corrected chi connectivity index (χ3v) is 2.74. The van der Waals surface area contributed by atoms with Crippen molar-refractivity contribution >= 4 is 0 Å². The van der Waals surface area contributed by atoms with Crippen LogP contribution in [0, 0.1) is 0 Å². The molecule has 70 valence electrons. The average molecular weight is 175 g/mol. The molecule has 1 heteroatoms. The van der Waals surface area contributed by atoms with Crippen molar-refractivity contribution in [3.8, 4) is 0 Å². The van der Waals surface area contributed by atoms with E-state index in [1.165, 1.54) is 37.8 Å². The molecule has 0 unspecified atom stereocenters. The molecular weight excluding hydrogens is 158 g/mol. The first-order chi connectivity index (χ1) is 6.45. The molecule has 0 saturated carbocycles. The lowest BCUT2D eigenvalue weighted by Gasteiger charge is -2.23. The standard InChI is InChI=1S/C12H17N/c1-2-6-11(7-3-1)10-12-8-4-5-9-13-12/h1-3,6-7,12-13H,4-5,8-10H2/t12-/m0/s1. The Morgan fingerprint density at radius 2 is 2.00 bits per heavy atom. The zero-order valence-electron chi connectivity index (χ0n) is 8.00. The molecule has 1 saturated heterocycles. The van der Waals surface area contributed by atoms with E-state index in [1.54, 1.807) is 0 Å². The summed E-state index contributed by atoms with van der Waals surface area (Å²) in [5.74, 6) is 0. The minimum absolute atomic E-state index is 0.719. The molecule has 0 aromatic heterocycles. The second kappa shape index (κ2) is 4.43. The van der Waals surface area contributed by atoms with Gasteiger partial charge in [-0.2, -0.15) is 0 Å². The Hall–Kier alpha value is -0.820. The quantitative estimate of drug-likeness (QED) is 0.727. The summed E-state index contributed by atoms with van der Waals surface area (Å²) in [7, 11) is 0. The Labute approximate surface area is 80.2 Å². The molecule has 0 radical (unpaired) electrons. The van der Waals surface area contributed by atoms with E-state index < -0.39 is 0 Å². The molecule has 1 aromatic carbocycles. The van der Waals surface area contributed by atoms with E-state index in [2.05, 4.69) is 35.6 Å². The summed E-state index contributed by atoms with van der Waals surface area (Å²) in [6, 6.07) is 11.5. The first-order valence-corrected chi connectivity index (χ1v) is 5.22. The van der Waals surface area contributed by atoms with Gasteiger partial charge in [-0.25, -0.2) is 0 Å². The minimum atomic E-state index is 0.719. The third-order valence-electron chi connectivity index (χ3n) is 2.74. The van der Waals surface area contributed by atoms with Crippen LogP contribution < -0.4 is 5.32 Å². The van der Waals surface area contributed by atoms with Gasteiger partial charge in [0.15, 0.2) is 0 Å². The van der Waals surface area contributed by atoms with Gasteiger partial charge in [0, 0.05) is 6.04 Å². The summed E-state index contributed by atoms with van der Waals surface area (Å²) in [4.78, 5) is 0. The zero-order valence-corrected chi connectivity index (χ0v) is 8.00. The first kappa shape index (κ1) is 8.76. The Morgan fingerprint density at radius 1 is 1.15 bits per heavy atom. The zero-order chi connectivity index (χ0) is 8.93. The van der Waals surface area contributed by atoms with Crippen LogP contribution in [-0.2, 0) is 6.42 Å². The van der Waals surface area contributed by atoms with Crippen LogP contribution in [0.3, 0.4) is 0 Å². The van der Waals surface area contributed by atoms with Gasteiger partial charge in [-0.05, 0) is 31.4 Å². The van der Waals surface area contributed by atoms with Gasteiger partial charge in [0.1, 0.15) is 0 Å². The number of piperidine rings is 1. The Kier molecular flexibility index (Phi) is 2.98. The van der Waals surface area contributed by atoms with E-state index in [0.717, 1.165) is 6.04 Å². The number of rotatable bonds is 2. The Balaban J connectivity index is 1.90.